The number of likely N-dealkylation sites (N-methyl/N-ethyl adjacent to an activating group) is 1. The number of halogens is 6. The minimum atomic E-state index is -5.01. The number of hydrogen-bond donors (Lipinski definition) is 2. The molecule has 0 bridgehead atoms. The van der Waals surface area contributed by atoms with E-state index in [9.17, 15) is 26.3 Å². The second-order valence-electron chi connectivity index (χ2n) is 7.44. The fourth-order valence-corrected chi connectivity index (χ4v) is 2.94. The van der Waals surface area contributed by atoms with E-state index in [2.05, 4.69) is 20.6 Å². The van der Waals surface area contributed by atoms with E-state index in [1.807, 2.05) is 19.0 Å². The van der Waals surface area contributed by atoms with Gasteiger partial charge in [0, 0.05) is 24.7 Å². The third kappa shape index (κ3) is 6.58. The van der Waals surface area contributed by atoms with Crippen LogP contribution in [0.4, 0.5) is 43.8 Å². The zero-order valence-electron chi connectivity index (χ0n) is 17.7. The topological polar surface area (TPSA) is 53.1 Å². The van der Waals surface area contributed by atoms with Crippen molar-refractivity contribution < 1.29 is 26.3 Å². The van der Waals surface area contributed by atoms with Crippen molar-refractivity contribution in [3.8, 4) is 11.3 Å². The molecule has 1 heterocycles. The highest BCUT2D eigenvalue weighted by Crippen LogP contribution is 2.40. The molecular formula is C22H21F6N5. The Morgan fingerprint density at radius 2 is 1.55 bits per heavy atom. The third-order valence-electron chi connectivity index (χ3n) is 4.55. The molecule has 0 aliphatic heterocycles. The van der Waals surface area contributed by atoms with Crippen molar-refractivity contribution in [3.05, 3.63) is 65.7 Å². The van der Waals surface area contributed by atoms with Gasteiger partial charge < -0.3 is 15.5 Å². The lowest BCUT2D eigenvalue weighted by molar-refractivity contribution is -0.142. The fourth-order valence-electron chi connectivity index (χ4n) is 2.94. The van der Waals surface area contributed by atoms with Crippen LogP contribution in [0.25, 0.3) is 11.3 Å². The Hall–Kier alpha value is -3.34. The maximum atomic E-state index is 13.5. The molecule has 3 aromatic rings. The van der Waals surface area contributed by atoms with Crippen LogP contribution in [0.1, 0.15) is 11.1 Å². The van der Waals surface area contributed by atoms with Crippen molar-refractivity contribution in [2.24, 2.45) is 0 Å². The van der Waals surface area contributed by atoms with E-state index in [1.54, 1.807) is 30.3 Å². The van der Waals surface area contributed by atoms with Crippen LogP contribution in [-0.4, -0.2) is 42.1 Å². The fraction of sp³-hybridized carbons (Fsp3) is 0.273. The van der Waals surface area contributed by atoms with Gasteiger partial charge in [-0.25, -0.2) is 4.98 Å². The zero-order valence-corrected chi connectivity index (χ0v) is 17.7. The molecule has 0 aliphatic rings. The van der Waals surface area contributed by atoms with E-state index < -0.39 is 29.2 Å². The van der Waals surface area contributed by atoms with Gasteiger partial charge in [0.2, 0.25) is 5.95 Å². The number of aromatic nitrogens is 2. The Kier molecular flexibility index (Phi) is 7.11. The molecule has 1 aromatic heterocycles. The van der Waals surface area contributed by atoms with Gasteiger partial charge in [0.05, 0.1) is 22.5 Å². The van der Waals surface area contributed by atoms with E-state index in [4.69, 9.17) is 0 Å². The number of hydrogen-bond acceptors (Lipinski definition) is 5. The van der Waals surface area contributed by atoms with Crippen LogP contribution in [-0.2, 0) is 12.4 Å². The molecule has 5 nitrogen and oxygen atoms in total. The van der Waals surface area contributed by atoms with Gasteiger partial charge in [-0.2, -0.15) is 31.3 Å². The van der Waals surface area contributed by atoms with Crippen molar-refractivity contribution >= 4 is 17.5 Å². The third-order valence-corrected chi connectivity index (χ3v) is 4.55. The lowest BCUT2D eigenvalue weighted by Crippen LogP contribution is -2.21. The van der Waals surface area contributed by atoms with E-state index >= 15 is 0 Å². The van der Waals surface area contributed by atoms with Gasteiger partial charge >= 0.3 is 12.4 Å². The Bertz CT molecular complexity index is 1080. The van der Waals surface area contributed by atoms with Crippen LogP contribution in [0.5, 0.6) is 0 Å². The molecule has 176 valence electrons. The molecular weight excluding hydrogens is 448 g/mol. The van der Waals surface area contributed by atoms with Crippen LogP contribution >= 0.6 is 0 Å². The molecule has 0 saturated carbocycles. The summed E-state index contributed by atoms with van der Waals surface area (Å²) in [7, 11) is 3.75. The van der Waals surface area contributed by atoms with E-state index in [0.717, 1.165) is 6.07 Å². The molecule has 2 N–H and O–H groups in total. The lowest BCUT2D eigenvalue weighted by Gasteiger charge is -2.18. The maximum Gasteiger partial charge on any atom is 0.418 e. The number of nitrogens with one attached hydrogen (secondary N) is 2. The highest BCUT2D eigenvalue weighted by atomic mass is 19.4. The first-order valence-electron chi connectivity index (χ1n) is 9.82. The van der Waals surface area contributed by atoms with Crippen LogP contribution in [0.3, 0.4) is 0 Å². The van der Waals surface area contributed by atoms with Crippen molar-refractivity contribution in [2.75, 3.05) is 37.8 Å². The van der Waals surface area contributed by atoms with Crippen LogP contribution in [0, 0.1) is 0 Å². The molecule has 0 radical (unpaired) electrons. The Labute approximate surface area is 186 Å². The SMILES string of the molecule is CN(C)CCNc1nc(Nc2ccc(C(F)(F)F)cc2C(F)(F)F)cc(-c2ccccc2)n1. The van der Waals surface area contributed by atoms with E-state index in [-0.39, 0.29) is 17.8 Å². The summed E-state index contributed by atoms with van der Waals surface area (Å²) in [5, 5.41) is 5.53. The van der Waals surface area contributed by atoms with Gasteiger partial charge in [-0.15, -0.1) is 0 Å². The molecule has 0 unspecified atom stereocenters. The van der Waals surface area contributed by atoms with Crippen molar-refractivity contribution in [1.29, 1.82) is 0 Å². The molecule has 0 amide bonds. The predicted molar refractivity (Wildman–Crippen MR) is 114 cm³/mol. The highest BCUT2D eigenvalue weighted by Gasteiger charge is 2.38. The predicted octanol–water partition coefficient (Wildman–Crippen LogP) is 5.90. The standard InChI is InChI=1S/C22H21F6N5/c1-33(2)11-10-29-20-31-18(14-6-4-3-5-7-14)13-19(32-20)30-17-9-8-15(21(23,24)25)12-16(17)22(26,27)28/h3-9,12-13H,10-11H2,1-2H3,(H2,29,30,31,32). The second kappa shape index (κ2) is 9.65. The summed E-state index contributed by atoms with van der Waals surface area (Å²) in [6, 6.07) is 11.8. The lowest BCUT2D eigenvalue weighted by atomic mass is 10.1. The largest absolute Gasteiger partial charge is 0.418 e. The van der Waals surface area contributed by atoms with Gasteiger partial charge in [-0.1, -0.05) is 30.3 Å². The van der Waals surface area contributed by atoms with Crippen molar-refractivity contribution in [3.63, 3.8) is 0 Å². The number of rotatable bonds is 7. The minimum Gasteiger partial charge on any atom is -0.353 e. The quantitative estimate of drug-likeness (QED) is 0.422. The van der Waals surface area contributed by atoms with Crippen molar-refractivity contribution in [1.82, 2.24) is 14.9 Å². The Balaban J connectivity index is 2.01. The Morgan fingerprint density at radius 3 is 2.15 bits per heavy atom. The number of benzene rings is 2. The van der Waals surface area contributed by atoms with E-state index in [0.29, 0.717) is 30.4 Å². The van der Waals surface area contributed by atoms with Crippen LogP contribution in [0.15, 0.2) is 54.6 Å². The Morgan fingerprint density at radius 1 is 0.848 bits per heavy atom. The first kappa shape index (κ1) is 24.3. The van der Waals surface area contributed by atoms with Gasteiger partial charge in [-0.05, 0) is 32.3 Å². The normalized spacial score (nSPS) is 12.2. The van der Waals surface area contributed by atoms with E-state index in [1.165, 1.54) is 6.07 Å². The summed E-state index contributed by atoms with van der Waals surface area (Å²) in [4.78, 5) is 10.5. The van der Waals surface area contributed by atoms with Gasteiger partial charge in [0.25, 0.3) is 0 Å². The molecule has 0 fully saturated rings. The van der Waals surface area contributed by atoms with Crippen molar-refractivity contribution in [2.45, 2.75) is 12.4 Å². The van der Waals surface area contributed by atoms with Gasteiger partial charge in [0.1, 0.15) is 5.82 Å². The average Bonchev–Trinajstić information content (AvgIpc) is 2.73. The number of nitrogens with zero attached hydrogens (tertiary/aromatic N) is 3. The molecule has 0 atom stereocenters. The molecule has 3 rings (SSSR count). The summed E-state index contributed by atoms with van der Waals surface area (Å²) < 4.78 is 79.5. The monoisotopic (exact) mass is 469 g/mol. The highest BCUT2D eigenvalue weighted by molar-refractivity contribution is 5.69. The first-order chi connectivity index (χ1) is 15.4. The molecule has 0 aliphatic carbocycles. The van der Waals surface area contributed by atoms with Gasteiger partial charge in [0.15, 0.2) is 0 Å². The maximum absolute atomic E-state index is 13.5. The summed E-state index contributed by atoms with van der Waals surface area (Å²) in [6.07, 6.45) is -9.91. The minimum absolute atomic E-state index is 0.00136. The summed E-state index contributed by atoms with van der Waals surface area (Å²) in [5.41, 5.74) is -2.26. The van der Waals surface area contributed by atoms with Crippen LogP contribution in [0.2, 0.25) is 0 Å². The average molecular weight is 469 g/mol. The van der Waals surface area contributed by atoms with Crippen LogP contribution < -0.4 is 10.6 Å². The molecule has 0 saturated heterocycles. The summed E-state index contributed by atoms with van der Waals surface area (Å²) in [6.45, 7) is 1.12. The second-order valence-corrected chi connectivity index (χ2v) is 7.44. The van der Waals surface area contributed by atoms with Gasteiger partial charge in [-0.3, -0.25) is 0 Å². The molecule has 2 aromatic carbocycles. The summed E-state index contributed by atoms with van der Waals surface area (Å²) in [5.74, 6) is 0.169. The number of anilines is 3. The first-order valence-corrected chi connectivity index (χ1v) is 9.82. The molecule has 11 heteroatoms. The zero-order chi connectivity index (χ0) is 24.2. The molecule has 0 spiro atoms. The number of alkyl halides is 6. The summed E-state index contributed by atoms with van der Waals surface area (Å²) >= 11 is 0. The smallest absolute Gasteiger partial charge is 0.353 e. The molecule has 33 heavy (non-hydrogen) atoms.